The molecule has 3 atom stereocenters. The van der Waals surface area contributed by atoms with Crippen molar-refractivity contribution >= 4 is 27.8 Å². The Morgan fingerprint density at radius 3 is 1.95 bits per heavy atom. The molecule has 7 aromatic rings. The molecular formula is C56H53N. The molecule has 4 aliphatic rings. The predicted octanol–water partition coefficient (Wildman–Crippen LogP) is 15.9. The second-order valence-electron chi connectivity index (χ2n) is 18.2. The third-order valence-electron chi connectivity index (χ3n) is 14.8. The zero-order valence-electron chi connectivity index (χ0n) is 33.6. The van der Waals surface area contributed by atoms with Gasteiger partial charge in [-0.3, -0.25) is 0 Å². The van der Waals surface area contributed by atoms with Gasteiger partial charge in [-0.15, -0.1) is 0 Å². The molecule has 0 amide bonds. The molecule has 0 radical (unpaired) electrons. The van der Waals surface area contributed by atoms with Gasteiger partial charge in [0.05, 0.1) is 11.4 Å². The summed E-state index contributed by atoms with van der Waals surface area (Å²) in [5, 5.41) is 2.77. The lowest BCUT2D eigenvalue weighted by Crippen LogP contribution is -2.19. The average Bonchev–Trinajstić information content (AvgIpc) is 3.97. The molecule has 7 aromatic carbocycles. The molecular weight excluding hydrogens is 687 g/mol. The van der Waals surface area contributed by atoms with Gasteiger partial charge in [0.15, 0.2) is 0 Å². The van der Waals surface area contributed by atoms with E-state index in [4.69, 9.17) is 0 Å². The summed E-state index contributed by atoms with van der Waals surface area (Å²) in [5.41, 5.74) is 17.2. The molecule has 3 saturated carbocycles. The monoisotopic (exact) mass is 739 g/mol. The van der Waals surface area contributed by atoms with Crippen LogP contribution in [-0.4, -0.2) is 0 Å². The summed E-state index contributed by atoms with van der Waals surface area (Å²) in [6, 6.07) is 58.3. The minimum absolute atomic E-state index is 0.203. The number of fused-ring (bicyclic) bond motifs is 6. The molecule has 0 saturated heterocycles. The van der Waals surface area contributed by atoms with E-state index in [1.807, 2.05) is 0 Å². The SMILES string of the molecule is CC1(C)c2ccccc2-c2ccc(N(c3ccc(C4CCCCC4)cc3)c3ccc(C4CC5CCC4C5)c4ccccc34)c(-c3ccccc3-c3ccccc3)c21. The van der Waals surface area contributed by atoms with Gasteiger partial charge < -0.3 is 4.90 Å². The predicted molar refractivity (Wildman–Crippen MR) is 241 cm³/mol. The van der Waals surface area contributed by atoms with Gasteiger partial charge in [-0.25, -0.2) is 0 Å². The van der Waals surface area contributed by atoms with Crippen molar-refractivity contribution in [3.63, 3.8) is 0 Å². The molecule has 11 rings (SSSR count). The van der Waals surface area contributed by atoms with Gasteiger partial charge in [0.1, 0.15) is 0 Å². The molecule has 1 heteroatoms. The van der Waals surface area contributed by atoms with Crippen molar-refractivity contribution in [2.45, 2.75) is 88.9 Å². The molecule has 3 unspecified atom stereocenters. The van der Waals surface area contributed by atoms with Crippen LogP contribution >= 0.6 is 0 Å². The van der Waals surface area contributed by atoms with Crippen LogP contribution < -0.4 is 4.90 Å². The molecule has 2 bridgehead atoms. The first-order valence-electron chi connectivity index (χ1n) is 21.9. The first kappa shape index (κ1) is 34.8. The smallest absolute Gasteiger partial charge is 0.0544 e. The molecule has 0 heterocycles. The molecule has 0 spiro atoms. The van der Waals surface area contributed by atoms with E-state index < -0.39 is 0 Å². The van der Waals surface area contributed by atoms with Crippen LogP contribution in [0.5, 0.6) is 0 Å². The fraction of sp³-hybridized carbons (Fsp3) is 0.286. The van der Waals surface area contributed by atoms with Crippen molar-refractivity contribution in [3.05, 3.63) is 174 Å². The Balaban J connectivity index is 1.19. The molecule has 3 fully saturated rings. The number of rotatable bonds is 7. The number of hydrogen-bond acceptors (Lipinski definition) is 1. The summed E-state index contributed by atoms with van der Waals surface area (Å²) in [6.45, 7) is 4.89. The van der Waals surface area contributed by atoms with Crippen LogP contribution in [0.3, 0.4) is 0 Å². The molecule has 4 aliphatic carbocycles. The van der Waals surface area contributed by atoms with Gasteiger partial charge in [0.2, 0.25) is 0 Å². The van der Waals surface area contributed by atoms with Crippen molar-refractivity contribution in [1.29, 1.82) is 0 Å². The van der Waals surface area contributed by atoms with Crippen molar-refractivity contribution in [3.8, 4) is 33.4 Å². The van der Waals surface area contributed by atoms with Crippen LogP contribution in [0.1, 0.15) is 106 Å². The molecule has 0 aromatic heterocycles. The second kappa shape index (κ2) is 13.9. The maximum absolute atomic E-state index is 2.63. The summed E-state index contributed by atoms with van der Waals surface area (Å²) >= 11 is 0. The van der Waals surface area contributed by atoms with Crippen molar-refractivity contribution in [2.24, 2.45) is 11.8 Å². The second-order valence-corrected chi connectivity index (χ2v) is 18.2. The Morgan fingerprint density at radius 2 is 1.19 bits per heavy atom. The van der Waals surface area contributed by atoms with E-state index in [0.717, 1.165) is 11.8 Å². The number of hydrogen-bond donors (Lipinski definition) is 0. The minimum Gasteiger partial charge on any atom is -0.309 e. The fourth-order valence-corrected chi connectivity index (χ4v) is 12.1. The lowest BCUT2D eigenvalue weighted by Gasteiger charge is -2.34. The van der Waals surface area contributed by atoms with Crippen LogP contribution in [0.25, 0.3) is 44.2 Å². The van der Waals surface area contributed by atoms with Gasteiger partial charge in [-0.1, -0.05) is 167 Å². The van der Waals surface area contributed by atoms with Crippen molar-refractivity contribution in [1.82, 2.24) is 0 Å². The Morgan fingerprint density at radius 1 is 0.509 bits per heavy atom. The van der Waals surface area contributed by atoms with Gasteiger partial charge >= 0.3 is 0 Å². The summed E-state index contributed by atoms with van der Waals surface area (Å²) in [4.78, 5) is 2.63. The van der Waals surface area contributed by atoms with E-state index >= 15 is 0 Å². The van der Waals surface area contributed by atoms with Crippen LogP contribution in [-0.2, 0) is 5.41 Å². The average molecular weight is 740 g/mol. The van der Waals surface area contributed by atoms with E-state index in [2.05, 4.69) is 170 Å². The summed E-state index contributed by atoms with van der Waals surface area (Å²) in [7, 11) is 0. The summed E-state index contributed by atoms with van der Waals surface area (Å²) in [6.07, 6.45) is 12.3. The van der Waals surface area contributed by atoms with Gasteiger partial charge in [0, 0.05) is 22.1 Å². The highest BCUT2D eigenvalue weighted by atomic mass is 15.1. The summed E-state index contributed by atoms with van der Waals surface area (Å²) < 4.78 is 0. The summed E-state index contributed by atoms with van der Waals surface area (Å²) in [5.74, 6) is 3.06. The number of anilines is 3. The van der Waals surface area contributed by atoms with E-state index in [1.54, 1.807) is 5.56 Å². The topological polar surface area (TPSA) is 3.24 Å². The maximum atomic E-state index is 2.63. The molecule has 0 N–H and O–H groups in total. The highest BCUT2D eigenvalue weighted by Crippen LogP contribution is 2.58. The van der Waals surface area contributed by atoms with Crippen LogP contribution in [0.4, 0.5) is 17.1 Å². The van der Waals surface area contributed by atoms with Crippen molar-refractivity contribution in [2.75, 3.05) is 4.90 Å². The van der Waals surface area contributed by atoms with Crippen LogP contribution in [0, 0.1) is 11.8 Å². The standard InChI is InChI=1S/C56H53N/c1-56(2)51-24-14-13-21-46(51)49-32-34-53(54(55(49)56)48-23-12-9-19-43(48)40-17-7-4-8-18-40)57(42-29-27-39(28-30-42)38-15-5-3-6-16-38)52-33-31-45(44-20-10-11-22-47(44)52)50-36-37-25-26-41(50)35-37/h4,7-14,17-24,27-34,37-38,41,50H,3,5-6,15-16,25-26,35-36H2,1-2H3. The van der Waals surface area contributed by atoms with E-state index in [0.29, 0.717) is 11.8 Å². The fourth-order valence-electron chi connectivity index (χ4n) is 12.1. The Hall–Kier alpha value is -5.40. The normalized spacial score (nSPS) is 20.8. The van der Waals surface area contributed by atoms with Gasteiger partial charge in [0.25, 0.3) is 0 Å². The number of benzene rings is 7. The van der Waals surface area contributed by atoms with E-state index in [9.17, 15) is 0 Å². The molecule has 1 nitrogen and oxygen atoms in total. The van der Waals surface area contributed by atoms with Gasteiger partial charge in [-0.2, -0.15) is 0 Å². The Bertz CT molecular complexity index is 2610. The quantitative estimate of drug-likeness (QED) is 0.157. The highest BCUT2D eigenvalue weighted by Gasteiger charge is 2.42. The zero-order chi connectivity index (χ0) is 38.1. The first-order chi connectivity index (χ1) is 28.0. The highest BCUT2D eigenvalue weighted by molar-refractivity contribution is 6.06. The lowest BCUT2D eigenvalue weighted by molar-refractivity contribution is 0.422. The maximum Gasteiger partial charge on any atom is 0.0544 e. The minimum atomic E-state index is -0.203. The zero-order valence-corrected chi connectivity index (χ0v) is 33.6. The third-order valence-corrected chi connectivity index (χ3v) is 14.8. The Labute approximate surface area is 339 Å². The number of nitrogens with zero attached hydrogens (tertiary/aromatic N) is 1. The first-order valence-corrected chi connectivity index (χ1v) is 21.9. The van der Waals surface area contributed by atoms with Crippen molar-refractivity contribution < 1.29 is 0 Å². The Kier molecular flexibility index (Phi) is 8.50. The van der Waals surface area contributed by atoms with E-state index in [-0.39, 0.29) is 5.41 Å². The molecule has 0 aliphatic heterocycles. The third kappa shape index (κ3) is 5.72. The lowest BCUT2D eigenvalue weighted by atomic mass is 9.77. The largest absolute Gasteiger partial charge is 0.309 e. The van der Waals surface area contributed by atoms with Gasteiger partial charge in [-0.05, 0) is 135 Å². The van der Waals surface area contributed by atoms with E-state index in [1.165, 1.54) is 136 Å². The molecule has 57 heavy (non-hydrogen) atoms. The van der Waals surface area contributed by atoms with Crippen LogP contribution in [0.2, 0.25) is 0 Å². The molecule has 282 valence electrons. The van der Waals surface area contributed by atoms with Crippen LogP contribution in [0.15, 0.2) is 152 Å².